The van der Waals surface area contributed by atoms with Crippen molar-refractivity contribution in [1.82, 2.24) is 4.90 Å². The molecule has 6 heteroatoms. The molecule has 0 fully saturated rings. The highest BCUT2D eigenvalue weighted by Crippen LogP contribution is 2.28. The maximum atomic E-state index is 12.6. The fraction of sp³-hybridized carbons (Fsp3) is 0.227. The number of fused-ring (bicyclic) bond motifs is 1. The van der Waals surface area contributed by atoms with E-state index in [9.17, 15) is 4.79 Å². The Morgan fingerprint density at radius 2 is 1.61 bits per heavy atom. The lowest BCUT2D eigenvalue weighted by Gasteiger charge is -2.19. The minimum absolute atomic E-state index is 0.306. The number of furan rings is 3. The van der Waals surface area contributed by atoms with Crippen molar-refractivity contribution < 1.29 is 22.8 Å². The van der Waals surface area contributed by atoms with Gasteiger partial charge in [-0.25, -0.2) is 4.79 Å². The Kier molecular flexibility index (Phi) is 5.30. The smallest absolute Gasteiger partial charge is 0.342 e. The van der Waals surface area contributed by atoms with Crippen molar-refractivity contribution in [3.63, 3.8) is 0 Å². The average Bonchev–Trinajstić information content (AvgIpc) is 3.42. The summed E-state index contributed by atoms with van der Waals surface area (Å²) in [6.07, 6.45) is 3.29. The molecular formula is C22H21NO5. The third-order valence-corrected chi connectivity index (χ3v) is 4.43. The molecule has 28 heavy (non-hydrogen) atoms. The largest absolute Gasteiger partial charge is 0.468 e. The standard InChI is InChI=1S/C22H21NO5/c1-2-25-22(24)21-18-9-3-4-10-19(18)28-20(21)15-23(13-16-7-5-11-26-16)14-17-8-6-12-27-17/h3-12H,2,13-15H2,1H3. The molecule has 6 nitrogen and oxygen atoms in total. The highest BCUT2D eigenvalue weighted by molar-refractivity contribution is 6.04. The van der Waals surface area contributed by atoms with Crippen molar-refractivity contribution in [2.24, 2.45) is 0 Å². The Hall–Kier alpha value is -3.25. The molecule has 0 saturated heterocycles. The van der Waals surface area contributed by atoms with E-state index in [-0.39, 0.29) is 5.97 Å². The number of carbonyl (C=O) groups excluding carboxylic acids is 1. The fourth-order valence-corrected chi connectivity index (χ4v) is 3.25. The van der Waals surface area contributed by atoms with Crippen molar-refractivity contribution in [2.45, 2.75) is 26.6 Å². The second-order valence-corrected chi connectivity index (χ2v) is 6.42. The number of ether oxygens (including phenoxy) is 1. The van der Waals surface area contributed by atoms with Gasteiger partial charge in [-0.3, -0.25) is 4.90 Å². The second kappa shape index (κ2) is 8.19. The molecule has 4 aromatic rings. The predicted molar refractivity (Wildman–Crippen MR) is 103 cm³/mol. The van der Waals surface area contributed by atoms with Crippen molar-refractivity contribution in [3.8, 4) is 0 Å². The monoisotopic (exact) mass is 379 g/mol. The van der Waals surface area contributed by atoms with Gasteiger partial charge in [-0.15, -0.1) is 0 Å². The molecule has 0 spiro atoms. The lowest BCUT2D eigenvalue weighted by Crippen LogP contribution is -2.23. The van der Waals surface area contributed by atoms with Crippen LogP contribution in [0.2, 0.25) is 0 Å². The first kappa shape index (κ1) is 18.1. The molecule has 0 aliphatic heterocycles. The molecule has 0 saturated carbocycles. The van der Waals surface area contributed by atoms with E-state index in [1.54, 1.807) is 19.5 Å². The molecule has 3 heterocycles. The maximum Gasteiger partial charge on any atom is 0.342 e. The van der Waals surface area contributed by atoms with Gasteiger partial charge in [0.15, 0.2) is 0 Å². The van der Waals surface area contributed by atoms with Gasteiger partial charge in [0.2, 0.25) is 0 Å². The van der Waals surface area contributed by atoms with Gasteiger partial charge in [-0.2, -0.15) is 0 Å². The lowest BCUT2D eigenvalue weighted by atomic mass is 10.1. The number of carbonyl (C=O) groups is 1. The molecule has 0 N–H and O–H groups in total. The first-order valence-electron chi connectivity index (χ1n) is 9.19. The SMILES string of the molecule is CCOC(=O)c1c(CN(Cc2ccco2)Cc2ccco2)oc2ccccc12. The Labute approximate surface area is 162 Å². The number of rotatable bonds is 8. The quantitative estimate of drug-likeness (QED) is 0.401. The minimum atomic E-state index is -0.376. The van der Waals surface area contributed by atoms with Crippen LogP contribution in [0.3, 0.4) is 0 Å². The van der Waals surface area contributed by atoms with E-state index in [1.165, 1.54) is 0 Å². The Morgan fingerprint density at radius 3 is 2.21 bits per heavy atom. The first-order valence-corrected chi connectivity index (χ1v) is 9.19. The van der Waals surface area contributed by atoms with Gasteiger partial charge in [0.1, 0.15) is 28.4 Å². The molecule has 0 aliphatic carbocycles. The van der Waals surface area contributed by atoms with E-state index < -0.39 is 0 Å². The molecule has 144 valence electrons. The molecule has 1 aromatic carbocycles. The van der Waals surface area contributed by atoms with Crippen LogP contribution in [-0.4, -0.2) is 17.5 Å². The Balaban J connectivity index is 1.67. The molecule has 0 bridgehead atoms. The van der Waals surface area contributed by atoms with Gasteiger partial charge in [-0.05, 0) is 37.3 Å². The summed E-state index contributed by atoms with van der Waals surface area (Å²) in [5, 5.41) is 0.756. The lowest BCUT2D eigenvalue weighted by molar-refractivity contribution is 0.0523. The summed E-state index contributed by atoms with van der Waals surface area (Å²) in [6.45, 7) is 3.60. The number of benzene rings is 1. The highest BCUT2D eigenvalue weighted by Gasteiger charge is 2.24. The van der Waals surface area contributed by atoms with Crippen molar-refractivity contribution in [2.75, 3.05) is 6.61 Å². The second-order valence-electron chi connectivity index (χ2n) is 6.42. The van der Waals surface area contributed by atoms with Gasteiger partial charge < -0.3 is 18.0 Å². The van der Waals surface area contributed by atoms with Crippen LogP contribution in [0, 0.1) is 0 Å². The average molecular weight is 379 g/mol. The molecule has 4 rings (SSSR count). The number of hydrogen-bond acceptors (Lipinski definition) is 6. The fourth-order valence-electron chi connectivity index (χ4n) is 3.25. The first-order chi connectivity index (χ1) is 13.7. The van der Waals surface area contributed by atoms with Crippen molar-refractivity contribution >= 4 is 16.9 Å². The third-order valence-electron chi connectivity index (χ3n) is 4.43. The number of esters is 1. The van der Waals surface area contributed by atoms with E-state index in [0.29, 0.717) is 43.1 Å². The summed E-state index contributed by atoms with van der Waals surface area (Å²) >= 11 is 0. The molecule has 0 aliphatic rings. The summed E-state index contributed by atoms with van der Waals surface area (Å²) in [7, 11) is 0. The van der Waals surface area contributed by atoms with Crippen LogP contribution in [-0.2, 0) is 24.4 Å². The minimum Gasteiger partial charge on any atom is -0.468 e. The Morgan fingerprint density at radius 1 is 0.929 bits per heavy atom. The van der Waals surface area contributed by atoms with Crippen LogP contribution in [0.1, 0.15) is 34.6 Å². The summed E-state index contributed by atoms with van der Waals surface area (Å²) in [5.41, 5.74) is 1.14. The van der Waals surface area contributed by atoms with Crippen molar-refractivity contribution in [1.29, 1.82) is 0 Å². The highest BCUT2D eigenvalue weighted by atomic mass is 16.5. The van der Waals surface area contributed by atoms with Crippen LogP contribution in [0.15, 0.2) is 74.3 Å². The van der Waals surface area contributed by atoms with E-state index >= 15 is 0 Å². The maximum absolute atomic E-state index is 12.6. The number of nitrogens with zero attached hydrogens (tertiary/aromatic N) is 1. The van der Waals surface area contributed by atoms with Crippen LogP contribution < -0.4 is 0 Å². The van der Waals surface area contributed by atoms with Gasteiger partial charge >= 0.3 is 5.97 Å². The van der Waals surface area contributed by atoms with Crippen LogP contribution >= 0.6 is 0 Å². The number of hydrogen-bond donors (Lipinski definition) is 0. The molecule has 0 atom stereocenters. The zero-order chi connectivity index (χ0) is 19.3. The number of para-hydroxylation sites is 1. The van der Waals surface area contributed by atoms with Gasteiger partial charge in [-0.1, -0.05) is 18.2 Å². The van der Waals surface area contributed by atoms with Crippen molar-refractivity contribution in [3.05, 3.63) is 83.9 Å². The molecule has 3 aromatic heterocycles. The summed E-state index contributed by atoms with van der Waals surface area (Å²) in [6, 6.07) is 15.0. The van der Waals surface area contributed by atoms with E-state index in [4.69, 9.17) is 18.0 Å². The summed E-state index contributed by atoms with van der Waals surface area (Å²) in [5.74, 6) is 1.83. The third kappa shape index (κ3) is 3.87. The van der Waals surface area contributed by atoms with Gasteiger partial charge in [0.25, 0.3) is 0 Å². The predicted octanol–water partition coefficient (Wildman–Crippen LogP) is 5.00. The van der Waals surface area contributed by atoms with E-state index in [0.717, 1.165) is 16.9 Å². The zero-order valence-corrected chi connectivity index (χ0v) is 15.6. The Bertz CT molecular complexity index is 994. The molecule has 0 radical (unpaired) electrons. The van der Waals surface area contributed by atoms with E-state index in [1.807, 2.05) is 48.5 Å². The molecule has 0 amide bonds. The molecule has 0 unspecified atom stereocenters. The topological polar surface area (TPSA) is 69.0 Å². The zero-order valence-electron chi connectivity index (χ0n) is 15.6. The normalized spacial score (nSPS) is 11.4. The van der Waals surface area contributed by atoms with Crippen LogP contribution in [0.4, 0.5) is 0 Å². The van der Waals surface area contributed by atoms with Gasteiger partial charge in [0.05, 0.1) is 38.8 Å². The van der Waals surface area contributed by atoms with Crippen LogP contribution in [0.5, 0.6) is 0 Å². The van der Waals surface area contributed by atoms with E-state index in [2.05, 4.69) is 4.90 Å². The molecular weight excluding hydrogens is 358 g/mol. The van der Waals surface area contributed by atoms with Gasteiger partial charge in [0, 0.05) is 5.39 Å². The summed E-state index contributed by atoms with van der Waals surface area (Å²) < 4.78 is 22.3. The van der Waals surface area contributed by atoms with Crippen LogP contribution in [0.25, 0.3) is 11.0 Å². The summed E-state index contributed by atoms with van der Waals surface area (Å²) in [4.78, 5) is 14.7.